The summed E-state index contributed by atoms with van der Waals surface area (Å²) in [6.45, 7) is 7.21. The lowest BCUT2D eigenvalue weighted by Crippen LogP contribution is -2.42. The van der Waals surface area contributed by atoms with Gasteiger partial charge in [-0.05, 0) is 65.7 Å². The Hall–Kier alpha value is -1.30. The number of carbonyl (C=O) groups is 2. The van der Waals surface area contributed by atoms with Crippen molar-refractivity contribution in [1.29, 1.82) is 0 Å². The molecule has 2 aliphatic rings. The molecule has 6 nitrogen and oxygen atoms in total. The molecule has 1 atom stereocenters. The zero-order valence-corrected chi connectivity index (χ0v) is 16.2. The van der Waals surface area contributed by atoms with E-state index < -0.39 is 5.60 Å². The SMILES string of the molecule is COC(=O)C1CCC(NC2CCCN(C(=O)OC(C)(C)C)CC2)CC1. The standard InChI is InChI=1S/C19H34N2O4/c1-19(2,3)25-18(23)21-12-5-6-15(11-13-21)20-16-9-7-14(8-10-16)17(22)24-4/h14-16,20H,5-13H2,1-4H3. The third-order valence-corrected chi connectivity index (χ3v) is 5.11. The molecule has 1 saturated heterocycles. The van der Waals surface area contributed by atoms with E-state index in [1.807, 2.05) is 25.7 Å². The first-order valence-corrected chi connectivity index (χ1v) is 9.60. The number of nitrogens with zero attached hydrogens (tertiary/aromatic N) is 1. The highest BCUT2D eigenvalue weighted by Crippen LogP contribution is 2.26. The maximum absolute atomic E-state index is 12.2. The van der Waals surface area contributed by atoms with E-state index in [1.54, 1.807) is 0 Å². The van der Waals surface area contributed by atoms with Gasteiger partial charge in [0.15, 0.2) is 0 Å². The molecule has 0 aromatic carbocycles. The third-order valence-electron chi connectivity index (χ3n) is 5.11. The topological polar surface area (TPSA) is 67.9 Å². The minimum atomic E-state index is -0.445. The van der Waals surface area contributed by atoms with Crippen molar-refractivity contribution in [3.63, 3.8) is 0 Å². The highest BCUT2D eigenvalue weighted by molar-refractivity contribution is 5.72. The summed E-state index contributed by atoms with van der Waals surface area (Å²) in [7, 11) is 1.47. The average Bonchev–Trinajstić information content (AvgIpc) is 2.79. The van der Waals surface area contributed by atoms with Gasteiger partial charge in [-0.25, -0.2) is 4.79 Å². The van der Waals surface area contributed by atoms with Gasteiger partial charge in [0.25, 0.3) is 0 Å². The van der Waals surface area contributed by atoms with Crippen molar-refractivity contribution in [2.45, 2.75) is 83.4 Å². The number of likely N-dealkylation sites (tertiary alicyclic amines) is 1. The predicted octanol–water partition coefficient (Wildman–Crippen LogP) is 3.10. The van der Waals surface area contributed by atoms with Gasteiger partial charge in [0.1, 0.15) is 5.60 Å². The summed E-state index contributed by atoms with van der Waals surface area (Å²) in [6, 6.07) is 0.908. The summed E-state index contributed by atoms with van der Waals surface area (Å²) in [5.74, 6) is 0.000706. The summed E-state index contributed by atoms with van der Waals surface area (Å²) >= 11 is 0. The Kier molecular flexibility index (Phi) is 7.11. The van der Waals surface area contributed by atoms with E-state index in [4.69, 9.17) is 9.47 Å². The molecule has 1 aliphatic heterocycles. The number of hydrogen-bond acceptors (Lipinski definition) is 5. The predicted molar refractivity (Wildman–Crippen MR) is 96.3 cm³/mol. The molecule has 6 heteroatoms. The summed E-state index contributed by atoms with van der Waals surface area (Å²) in [6.07, 6.45) is 6.67. The maximum atomic E-state index is 12.2. The molecule has 1 heterocycles. The van der Waals surface area contributed by atoms with E-state index in [-0.39, 0.29) is 18.0 Å². The zero-order valence-electron chi connectivity index (χ0n) is 16.2. The summed E-state index contributed by atoms with van der Waals surface area (Å²) in [4.78, 5) is 25.7. The van der Waals surface area contributed by atoms with Gasteiger partial charge < -0.3 is 19.7 Å². The van der Waals surface area contributed by atoms with Gasteiger partial charge in [0.05, 0.1) is 13.0 Å². The van der Waals surface area contributed by atoms with Crippen LogP contribution >= 0.6 is 0 Å². The molecule has 0 bridgehead atoms. The van der Waals surface area contributed by atoms with Gasteiger partial charge >= 0.3 is 12.1 Å². The molecule has 0 spiro atoms. The molecule has 1 amide bonds. The van der Waals surface area contributed by atoms with Crippen molar-refractivity contribution in [2.24, 2.45) is 5.92 Å². The van der Waals surface area contributed by atoms with Gasteiger partial charge in [0.2, 0.25) is 0 Å². The van der Waals surface area contributed by atoms with E-state index in [0.717, 1.165) is 58.0 Å². The van der Waals surface area contributed by atoms with Crippen LogP contribution in [0.25, 0.3) is 0 Å². The first-order valence-electron chi connectivity index (χ1n) is 9.60. The van der Waals surface area contributed by atoms with Crippen molar-refractivity contribution in [2.75, 3.05) is 20.2 Å². The highest BCUT2D eigenvalue weighted by atomic mass is 16.6. The fourth-order valence-electron chi connectivity index (χ4n) is 3.77. The number of ether oxygens (including phenoxy) is 2. The van der Waals surface area contributed by atoms with E-state index in [0.29, 0.717) is 12.1 Å². The summed E-state index contributed by atoms with van der Waals surface area (Å²) in [5, 5.41) is 3.75. The number of hydrogen-bond donors (Lipinski definition) is 1. The Bertz CT molecular complexity index is 453. The molecule has 2 fully saturated rings. The van der Waals surface area contributed by atoms with Crippen LogP contribution < -0.4 is 5.32 Å². The summed E-state index contributed by atoms with van der Waals surface area (Å²) < 4.78 is 10.3. The van der Waals surface area contributed by atoms with Crippen molar-refractivity contribution in [3.8, 4) is 0 Å². The number of amides is 1. The average molecular weight is 354 g/mol. The first kappa shape index (κ1) is 20.0. The molecule has 0 aromatic heterocycles. The second-order valence-electron chi connectivity index (χ2n) is 8.33. The van der Waals surface area contributed by atoms with E-state index >= 15 is 0 Å². The number of nitrogens with one attached hydrogen (secondary N) is 1. The number of carbonyl (C=O) groups excluding carboxylic acids is 2. The zero-order chi connectivity index (χ0) is 18.4. The molecule has 1 N–H and O–H groups in total. The Morgan fingerprint density at radius 2 is 1.60 bits per heavy atom. The maximum Gasteiger partial charge on any atom is 0.410 e. The quantitative estimate of drug-likeness (QED) is 0.789. The molecule has 2 rings (SSSR count). The van der Waals surface area contributed by atoms with Gasteiger partial charge in [-0.3, -0.25) is 4.79 Å². The fraction of sp³-hybridized carbons (Fsp3) is 0.895. The minimum Gasteiger partial charge on any atom is -0.469 e. The van der Waals surface area contributed by atoms with Crippen molar-refractivity contribution in [1.82, 2.24) is 10.2 Å². The first-order chi connectivity index (χ1) is 11.8. The Balaban J connectivity index is 1.74. The van der Waals surface area contributed by atoms with Crippen LogP contribution in [0.5, 0.6) is 0 Å². The molecule has 1 unspecified atom stereocenters. The van der Waals surface area contributed by atoms with E-state index in [2.05, 4.69) is 5.32 Å². The molecule has 1 aliphatic carbocycles. The smallest absolute Gasteiger partial charge is 0.410 e. The van der Waals surface area contributed by atoms with Crippen LogP contribution in [0.3, 0.4) is 0 Å². The number of methoxy groups -OCH3 is 1. The van der Waals surface area contributed by atoms with Crippen LogP contribution in [-0.2, 0) is 14.3 Å². The van der Waals surface area contributed by atoms with Crippen LogP contribution in [0, 0.1) is 5.92 Å². The Morgan fingerprint density at radius 3 is 2.20 bits per heavy atom. The molecule has 1 saturated carbocycles. The molecular formula is C19H34N2O4. The molecule has 0 aromatic rings. The van der Waals surface area contributed by atoms with Crippen molar-refractivity contribution >= 4 is 12.1 Å². The van der Waals surface area contributed by atoms with Crippen LogP contribution in [0.1, 0.15) is 65.7 Å². The van der Waals surface area contributed by atoms with E-state index in [1.165, 1.54) is 7.11 Å². The van der Waals surface area contributed by atoms with Crippen LogP contribution in [0.15, 0.2) is 0 Å². The van der Waals surface area contributed by atoms with Gasteiger partial charge in [-0.15, -0.1) is 0 Å². The molecular weight excluding hydrogens is 320 g/mol. The number of rotatable bonds is 3. The number of esters is 1. The molecule has 25 heavy (non-hydrogen) atoms. The lowest BCUT2D eigenvalue weighted by molar-refractivity contribution is -0.146. The summed E-state index contributed by atoms with van der Waals surface area (Å²) in [5.41, 5.74) is -0.445. The monoisotopic (exact) mass is 354 g/mol. The van der Waals surface area contributed by atoms with E-state index in [9.17, 15) is 9.59 Å². The Labute approximate surface area is 151 Å². The van der Waals surface area contributed by atoms with Crippen LogP contribution in [0.4, 0.5) is 4.79 Å². The second kappa shape index (κ2) is 8.88. The largest absolute Gasteiger partial charge is 0.469 e. The molecule has 0 radical (unpaired) electrons. The Morgan fingerprint density at radius 1 is 0.960 bits per heavy atom. The van der Waals surface area contributed by atoms with Gasteiger partial charge in [-0.1, -0.05) is 0 Å². The van der Waals surface area contributed by atoms with Crippen molar-refractivity contribution < 1.29 is 19.1 Å². The van der Waals surface area contributed by atoms with Crippen LogP contribution in [-0.4, -0.2) is 54.8 Å². The third kappa shape index (κ3) is 6.49. The second-order valence-corrected chi connectivity index (χ2v) is 8.33. The fourth-order valence-corrected chi connectivity index (χ4v) is 3.77. The lowest BCUT2D eigenvalue weighted by Gasteiger charge is -2.31. The lowest BCUT2D eigenvalue weighted by atomic mass is 9.85. The minimum absolute atomic E-state index is 0.0686. The molecule has 144 valence electrons. The normalized spacial score (nSPS) is 28.2. The van der Waals surface area contributed by atoms with Gasteiger partial charge in [-0.2, -0.15) is 0 Å². The van der Waals surface area contributed by atoms with Gasteiger partial charge in [0, 0.05) is 25.2 Å². The van der Waals surface area contributed by atoms with Crippen molar-refractivity contribution in [3.05, 3.63) is 0 Å². The highest BCUT2D eigenvalue weighted by Gasteiger charge is 2.29. The van der Waals surface area contributed by atoms with Crippen LogP contribution in [0.2, 0.25) is 0 Å².